The van der Waals surface area contributed by atoms with E-state index in [0.717, 1.165) is 10.9 Å². The Labute approximate surface area is 226 Å². The van der Waals surface area contributed by atoms with Crippen LogP contribution in [0.5, 0.6) is 0 Å². The zero-order valence-electron chi connectivity index (χ0n) is 21.6. The van der Waals surface area contributed by atoms with Gasteiger partial charge in [0.2, 0.25) is 15.9 Å². The Morgan fingerprint density at radius 2 is 1.89 bits per heavy atom. The maximum absolute atomic E-state index is 15.0. The van der Waals surface area contributed by atoms with E-state index in [0.29, 0.717) is 22.9 Å². The number of sulfonamides is 1. The summed E-state index contributed by atoms with van der Waals surface area (Å²) >= 11 is 7.28. The lowest BCUT2D eigenvalue weighted by molar-refractivity contribution is -0.120. The SMILES string of the molecule is CC(=CS(=O)(=O)N(CCCN(C)C)[C@H]1CCN(c2ccc(C(=O)N(C)C)cc2F)C1=O)c1ccc(Cl)s1. The van der Waals surface area contributed by atoms with E-state index >= 15 is 0 Å². The molecule has 1 aliphatic heterocycles. The molecular formula is C25H32ClFN4O4S2. The highest BCUT2D eigenvalue weighted by atomic mass is 35.5. The molecule has 37 heavy (non-hydrogen) atoms. The van der Waals surface area contributed by atoms with Gasteiger partial charge in [-0.25, -0.2) is 12.8 Å². The summed E-state index contributed by atoms with van der Waals surface area (Å²) in [5.41, 5.74) is 0.703. The number of anilines is 1. The van der Waals surface area contributed by atoms with Crippen LogP contribution in [0.15, 0.2) is 35.7 Å². The van der Waals surface area contributed by atoms with E-state index in [1.54, 1.807) is 33.2 Å². The molecule has 0 radical (unpaired) electrons. The van der Waals surface area contributed by atoms with Gasteiger partial charge in [-0.3, -0.25) is 9.59 Å². The zero-order chi connectivity index (χ0) is 27.5. The van der Waals surface area contributed by atoms with Gasteiger partial charge >= 0.3 is 0 Å². The lowest BCUT2D eigenvalue weighted by atomic mass is 10.1. The predicted molar refractivity (Wildman–Crippen MR) is 147 cm³/mol. The van der Waals surface area contributed by atoms with Crippen LogP contribution in [0.25, 0.3) is 5.57 Å². The molecule has 0 N–H and O–H groups in total. The summed E-state index contributed by atoms with van der Waals surface area (Å²) < 4.78 is 43.8. The van der Waals surface area contributed by atoms with E-state index in [4.69, 9.17) is 11.6 Å². The van der Waals surface area contributed by atoms with E-state index in [9.17, 15) is 22.4 Å². The fourth-order valence-electron chi connectivity index (χ4n) is 4.17. The largest absolute Gasteiger partial charge is 0.345 e. The molecule has 1 fully saturated rings. The van der Waals surface area contributed by atoms with Gasteiger partial charge in [-0.15, -0.1) is 11.3 Å². The topological polar surface area (TPSA) is 81.2 Å². The third kappa shape index (κ3) is 6.97. The third-order valence-corrected chi connectivity index (χ3v) is 9.12. The molecule has 0 unspecified atom stereocenters. The van der Waals surface area contributed by atoms with Crippen LogP contribution in [0.4, 0.5) is 10.1 Å². The fraction of sp³-hybridized carbons (Fsp3) is 0.440. The van der Waals surface area contributed by atoms with Crippen molar-refractivity contribution in [2.45, 2.75) is 25.8 Å². The predicted octanol–water partition coefficient (Wildman–Crippen LogP) is 3.99. The molecule has 202 valence electrons. The highest BCUT2D eigenvalue weighted by molar-refractivity contribution is 7.92. The Hall–Kier alpha value is -2.31. The molecule has 1 saturated heterocycles. The number of rotatable bonds is 10. The second kappa shape index (κ2) is 12.0. The molecule has 2 amide bonds. The zero-order valence-corrected chi connectivity index (χ0v) is 24.0. The Morgan fingerprint density at radius 3 is 2.46 bits per heavy atom. The van der Waals surface area contributed by atoms with E-state index in [-0.39, 0.29) is 36.7 Å². The molecule has 2 heterocycles. The van der Waals surface area contributed by atoms with Gasteiger partial charge in [0.25, 0.3) is 5.91 Å². The normalized spacial score (nSPS) is 16.8. The van der Waals surface area contributed by atoms with Crippen LogP contribution in [0.1, 0.15) is 35.0 Å². The smallest absolute Gasteiger partial charge is 0.253 e. The number of benzene rings is 1. The molecular weight excluding hydrogens is 539 g/mol. The number of carbonyl (C=O) groups is 2. The monoisotopic (exact) mass is 570 g/mol. The van der Waals surface area contributed by atoms with Gasteiger partial charge in [-0.2, -0.15) is 4.31 Å². The summed E-state index contributed by atoms with van der Waals surface area (Å²) in [5, 5.41) is 1.17. The van der Waals surface area contributed by atoms with Gasteiger partial charge in [-0.05, 0) is 76.3 Å². The molecule has 1 aromatic heterocycles. The standard InChI is InChI=1S/C25H32ClFN4O4S2/c1-17(22-9-10-23(26)36-22)16-37(34,35)31(13-6-12-28(2)3)21-11-14-30(25(21)33)20-8-7-18(15-19(20)27)24(32)29(4)5/h7-10,15-16,21H,6,11-14H2,1-5H3/t21-/m0/s1. The highest BCUT2D eigenvalue weighted by Crippen LogP contribution is 2.32. The van der Waals surface area contributed by atoms with Crippen molar-refractivity contribution in [2.24, 2.45) is 0 Å². The average molecular weight is 571 g/mol. The van der Waals surface area contributed by atoms with Crippen molar-refractivity contribution < 1.29 is 22.4 Å². The summed E-state index contributed by atoms with van der Waals surface area (Å²) in [4.78, 5) is 30.9. The Morgan fingerprint density at radius 1 is 1.19 bits per heavy atom. The summed E-state index contributed by atoms with van der Waals surface area (Å²) in [5.74, 6) is -1.57. The molecule has 12 heteroatoms. The summed E-state index contributed by atoms with van der Waals surface area (Å²) in [7, 11) is 2.92. The molecule has 0 bridgehead atoms. The minimum Gasteiger partial charge on any atom is -0.345 e. The summed E-state index contributed by atoms with van der Waals surface area (Å²) in [6.07, 6.45) is 0.735. The van der Waals surface area contributed by atoms with Gasteiger partial charge in [0.05, 0.1) is 15.4 Å². The number of halogens is 2. The van der Waals surface area contributed by atoms with Crippen LogP contribution in [0.2, 0.25) is 4.34 Å². The number of carbonyl (C=O) groups excluding carboxylic acids is 2. The first kappa shape index (κ1) is 29.2. The van der Waals surface area contributed by atoms with Crippen molar-refractivity contribution in [3.63, 3.8) is 0 Å². The Kier molecular flexibility index (Phi) is 9.52. The second-order valence-electron chi connectivity index (χ2n) is 9.38. The fourth-order valence-corrected chi connectivity index (χ4v) is 6.90. The molecule has 0 spiro atoms. The quantitative estimate of drug-likeness (QED) is 0.431. The maximum Gasteiger partial charge on any atom is 0.253 e. The first-order valence-corrected chi connectivity index (χ1v) is 14.4. The van der Waals surface area contributed by atoms with E-state index in [1.807, 2.05) is 19.0 Å². The molecule has 1 aliphatic rings. The number of nitrogens with zero attached hydrogens (tertiary/aromatic N) is 4. The van der Waals surface area contributed by atoms with Gasteiger partial charge in [0, 0.05) is 37.6 Å². The lowest BCUT2D eigenvalue weighted by Crippen LogP contribution is -2.45. The highest BCUT2D eigenvalue weighted by Gasteiger charge is 2.42. The van der Waals surface area contributed by atoms with Crippen LogP contribution in [-0.2, 0) is 14.8 Å². The van der Waals surface area contributed by atoms with Gasteiger partial charge in [-0.1, -0.05) is 11.6 Å². The van der Waals surface area contributed by atoms with Gasteiger partial charge in [0.1, 0.15) is 11.9 Å². The van der Waals surface area contributed by atoms with Crippen LogP contribution < -0.4 is 4.90 Å². The van der Waals surface area contributed by atoms with Gasteiger partial charge < -0.3 is 14.7 Å². The summed E-state index contributed by atoms with van der Waals surface area (Å²) in [6.45, 7) is 2.62. The second-order valence-corrected chi connectivity index (χ2v) is 12.8. The van der Waals surface area contributed by atoms with Crippen molar-refractivity contribution in [3.05, 3.63) is 56.3 Å². The number of thiophene rings is 1. The average Bonchev–Trinajstić information content (AvgIpc) is 3.41. The van der Waals surface area contributed by atoms with Crippen LogP contribution in [0.3, 0.4) is 0 Å². The first-order chi connectivity index (χ1) is 17.3. The molecule has 1 atom stereocenters. The maximum atomic E-state index is 15.0. The molecule has 1 aromatic carbocycles. The van der Waals surface area contributed by atoms with Crippen molar-refractivity contribution in [1.29, 1.82) is 0 Å². The van der Waals surface area contributed by atoms with Crippen molar-refractivity contribution in [1.82, 2.24) is 14.1 Å². The number of amides is 2. The van der Waals surface area contributed by atoms with Crippen molar-refractivity contribution in [2.75, 3.05) is 52.7 Å². The van der Waals surface area contributed by atoms with Crippen molar-refractivity contribution >= 4 is 56.0 Å². The van der Waals surface area contributed by atoms with E-state index < -0.39 is 27.8 Å². The molecule has 0 saturated carbocycles. The molecule has 2 aromatic rings. The first-order valence-electron chi connectivity index (χ1n) is 11.7. The van der Waals surface area contributed by atoms with Crippen LogP contribution in [-0.4, -0.2) is 88.2 Å². The molecule has 0 aliphatic carbocycles. The Bertz CT molecular complexity index is 1290. The molecule has 8 nitrogen and oxygen atoms in total. The van der Waals surface area contributed by atoms with Crippen LogP contribution >= 0.6 is 22.9 Å². The van der Waals surface area contributed by atoms with Gasteiger partial charge in [0.15, 0.2) is 0 Å². The minimum atomic E-state index is -3.99. The number of allylic oxidation sites excluding steroid dienone is 1. The van der Waals surface area contributed by atoms with Crippen LogP contribution in [0, 0.1) is 5.82 Å². The third-order valence-electron chi connectivity index (χ3n) is 6.01. The van der Waals surface area contributed by atoms with Crippen molar-refractivity contribution in [3.8, 4) is 0 Å². The number of hydrogen-bond donors (Lipinski definition) is 0. The van der Waals surface area contributed by atoms with E-state index in [1.165, 1.54) is 43.0 Å². The Balaban J connectivity index is 1.90. The minimum absolute atomic E-state index is 0.0217. The number of hydrogen-bond acceptors (Lipinski definition) is 6. The lowest BCUT2D eigenvalue weighted by Gasteiger charge is -2.27. The van der Waals surface area contributed by atoms with E-state index in [2.05, 4.69) is 0 Å². The summed E-state index contributed by atoms with van der Waals surface area (Å²) in [6, 6.07) is 6.44. The molecule has 3 rings (SSSR count).